The van der Waals surface area contributed by atoms with Crippen LogP contribution in [-0.4, -0.2) is 5.11 Å². The van der Waals surface area contributed by atoms with E-state index in [9.17, 15) is 13.9 Å². The Bertz CT molecular complexity index is 569. The highest BCUT2D eigenvalue weighted by Crippen LogP contribution is 2.30. The van der Waals surface area contributed by atoms with Crippen LogP contribution in [0.5, 0.6) is 0 Å². The summed E-state index contributed by atoms with van der Waals surface area (Å²) in [6, 6.07) is 4.03. The largest absolute Gasteiger partial charge is 0.465 e. The van der Waals surface area contributed by atoms with Gasteiger partial charge in [0.25, 0.3) is 0 Å². The van der Waals surface area contributed by atoms with Gasteiger partial charge in [-0.3, -0.25) is 0 Å². The summed E-state index contributed by atoms with van der Waals surface area (Å²) in [5, 5.41) is 9.91. The maximum Gasteiger partial charge on any atom is 0.146 e. The molecule has 6 heteroatoms. The molecule has 0 bridgehead atoms. The third kappa shape index (κ3) is 2.65. The molecule has 0 fully saturated rings. The summed E-state index contributed by atoms with van der Waals surface area (Å²) in [4.78, 5) is 0. The third-order valence-electron chi connectivity index (χ3n) is 2.48. The lowest BCUT2D eigenvalue weighted by molar-refractivity contribution is 0.147. The molecule has 0 radical (unpaired) electrons. The molecule has 1 atom stereocenters. The van der Waals surface area contributed by atoms with Crippen LogP contribution >= 0.6 is 31.9 Å². The van der Waals surface area contributed by atoms with Crippen LogP contribution in [0.25, 0.3) is 0 Å². The first-order valence-electron chi connectivity index (χ1n) is 5.04. The zero-order chi connectivity index (χ0) is 13.3. The number of furan rings is 1. The average Bonchev–Trinajstić information content (AvgIpc) is 2.76. The summed E-state index contributed by atoms with van der Waals surface area (Å²) in [5.41, 5.74) is -0.180. The van der Waals surface area contributed by atoms with Crippen molar-refractivity contribution < 1.29 is 18.3 Å². The molecule has 1 aromatic heterocycles. The number of aliphatic hydroxyl groups excluding tert-OH is 1. The van der Waals surface area contributed by atoms with Crippen molar-refractivity contribution in [2.75, 3.05) is 0 Å². The molecule has 0 amide bonds. The fourth-order valence-corrected chi connectivity index (χ4v) is 2.42. The Balaban J connectivity index is 2.30. The molecule has 96 valence electrons. The van der Waals surface area contributed by atoms with Gasteiger partial charge in [0.15, 0.2) is 0 Å². The Morgan fingerprint density at radius 2 is 1.89 bits per heavy atom. The van der Waals surface area contributed by atoms with Gasteiger partial charge in [-0.2, -0.15) is 0 Å². The second kappa shape index (κ2) is 5.50. The Hall–Kier alpha value is -0.720. The smallest absolute Gasteiger partial charge is 0.146 e. The van der Waals surface area contributed by atoms with Gasteiger partial charge in [0.2, 0.25) is 0 Å². The van der Waals surface area contributed by atoms with Crippen molar-refractivity contribution >= 4 is 31.9 Å². The summed E-state index contributed by atoms with van der Waals surface area (Å²) >= 11 is 6.16. The molecular formula is C12H8Br2F2O2. The number of benzene rings is 1. The Morgan fingerprint density at radius 3 is 2.50 bits per heavy atom. The van der Waals surface area contributed by atoms with Gasteiger partial charge >= 0.3 is 0 Å². The van der Waals surface area contributed by atoms with E-state index in [4.69, 9.17) is 4.42 Å². The van der Waals surface area contributed by atoms with Crippen LogP contribution in [0.15, 0.2) is 37.8 Å². The first-order valence-corrected chi connectivity index (χ1v) is 6.62. The highest BCUT2D eigenvalue weighted by Gasteiger charge is 2.21. The molecule has 0 saturated carbocycles. The standard InChI is InChI=1S/C12H8Br2F2O2/c13-7-1-2-9(15)6(11(7)16)5-10(17)12-8(14)3-4-18-12/h1-4,10,17H,5H2. The van der Waals surface area contributed by atoms with Crippen LogP contribution in [0.3, 0.4) is 0 Å². The van der Waals surface area contributed by atoms with E-state index in [0.29, 0.717) is 4.47 Å². The Morgan fingerprint density at radius 1 is 1.17 bits per heavy atom. The maximum absolute atomic E-state index is 13.7. The number of hydrogen-bond donors (Lipinski definition) is 1. The van der Waals surface area contributed by atoms with Gasteiger partial charge in [-0.15, -0.1) is 0 Å². The quantitative estimate of drug-likeness (QED) is 0.801. The molecule has 1 unspecified atom stereocenters. The lowest BCUT2D eigenvalue weighted by Crippen LogP contribution is -2.06. The van der Waals surface area contributed by atoms with E-state index in [1.165, 1.54) is 12.3 Å². The van der Waals surface area contributed by atoms with E-state index >= 15 is 0 Å². The minimum absolute atomic E-state index is 0.157. The molecule has 0 aliphatic rings. The molecule has 0 saturated heterocycles. The molecule has 0 aliphatic carbocycles. The third-order valence-corrected chi connectivity index (χ3v) is 3.75. The van der Waals surface area contributed by atoms with Gasteiger partial charge in [-0.25, -0.2) is 8.78 Å². The summed E-state index contributed by atoms with van der Waals surface area (Å²) in [7, 11) is 0. The number of aliphatic hydroxyl groups is 1. The van der Waals surface area contributed by atoms with Gasteiger partial charge in [-0.05, 0) is 50.1 Å². The van der Waals surface area contributed by atoms with Crippen LogP contribution in [0, 0.1) is 11.6 Å². The molecule has 1 heterocycles. The van der Waals surface area contributed by atoms with E-state index in [1.807, 2.05) is 0 Å². The molecule has 1 N–H and O–H groups in total. The van der Waals surface area contributed by atoms with Crippen molar-refractivity contribution in [2.24, 2.45) is 0 Å². The first kappa shape index (κ1) is 13.7. The lowest BCUT2D eigenvalue weighted by Gasteiger charge is -2.11. The second-order valence-electron chi connectivity index (χ2n) is 3.67. The van der Waals surface area contributed by atoms with Crippen molar-refractivity contribution in [3.63, 3.8) is 0 Å². The van der Waals surface area contributed by atoms with E-state index in [-0.39, 0.29) is 22.2 Å². The zero-order valence-electron chi connectivity index (χ0n) is 8.96. The van der Waals surface area contributed by atoms with E-state index in [1.54, 1.807) is 6.07 Å². The van der Waals surface area contributed by atoms with Crippen LogP contribution in [0.4, 0.5) is 8.78 Å². The van der Waals surface area contributed by atoms with Crippen LogP contribution < -0.4 is 0 Å². The average molecular weight is 382 g/mol. The zero-order valence-corrected chi connectivity index (χ0v) is 12.1. The SMILES string of the molecule is OC(Cc1c(F)ccc(Br)c1F)c1occc1Br. The highest BCUT2D eigenvalue weighted by atomic mass is 79.9. The molecule has 2 nitrogen and oxygen atoms in total. The van der Waals surface area contributed by atoms with Crippen molar-refractivity contribution in [2.45, 2.75) is 12.5 Å². The summed E-state index contributed by atoms with van der Waals surface area (Å²) in [6.07, 6.45) is 0.0621. The van der Waals surface area contributed by atoms with E-state index in [2.05, 4.69) is 31.9 Å². The normalized spacial score (nSPS) is 12.7. The fourth-order valence-electron chi connectivity index (χ4n) is 1.59. The maximum atomic E-state index is 13.7. The molecule has 0 spiro atoms. The predicted molar refractivity (Wildman–Crippen MR) is 69.1 cm³/mol. The highest BCUT2D eigenvalue weighted by molar-refractivity contribution is 9.10. The van der Waals surface area contributed by atoms with Gasteiger partial charge in [0, 0.05) is 12.0 Å². The van der Waals surface area contributed by atoms with Crippen molar-refractivity contribution in [3.05, 3.63) is 56.4 Å². The molecular weight excluding hydrogens is 374 g/mol. The number of hydrogen-bond acceptors (Lipinski definition) is 2. The van der Waals surface area contributed by atoms with Crippen molar-refractivity contribution in [1.82, 2.24) is 0 Å². The Kier molecular flexibility index (Phi) is 4.19. The number of rotatable bonds is 3. The molecule has 1 aromatic carbocycles. The van der Waals surface area contributed by atoms with Gasteiger partial charge in [0.05, 0.1) is 15.2 Å². The monoisotopic (exact) mass is 380 g/mol. The van der Waals surface area contributed by atoms with Crippen molar-refractivity contribution in [3.8, 4) is 0 Å². The van der Waals surface area contributed by atoms with Gasteiger partial charge < -0.3 is 9.52 Å². The fraction of sp³-hybridized carbons (Fsp3) is 0.167. The van der Waals surface area contributed by atoms with Crippen molar-refractivity contribution in [1.29, 1.82) is 0 Å². The molecule has 0 aliphatic heterocycles. The summed E-state index contributed by atoms with van der Waals surface area (Å²) in [5.74, 6) is -1.16. The molecule has 2 aromatic rings. The van der Waals surface area contributed by atoms with Gasteiger partial charge in [-0.1, -0.05) is 0 Å². The predicted octanol–water partition coefficient (Wildman–Crippen LogP) is 4.36. The Labute approximate surface area is 119 Å². The van der Waals surface area contributed by atoms with E-state index < -0.39 is 17.7 Å². The number of halogens is 4. The summed E-state index contributed by atoms with van der Waals surface area (Å²) < 4.78 is 33.0. The van der Waals surface area contributed by atoms with Crippen LogP contribution in [0.1, 0.15) is 17.4 Å². The minimum Gasteiger partial charge on any atom is -0.465 e. The molecule has 18 heavy (non-hydrogen) atoms. The minimum atomic E-state index is -1.12. The second-order valence-corrected chi connectivity index (χ2v) is 5.38. The van der Waals surface area contributed by atoms with Crippen LogP contribution in [0.2, 0.25) is 0 Å². The van der Waals surface area contributed by atoms with Crippen LogP contribution in [-0.2, 0) is 6.42 Å². The molecule has 2 rings (SSSR count). The topological polar surface area (TPSA) is 33.4 Å². The van der Waals surface area contributed by atoms with E-state index in [0.717, 1.165) is 6.07 Å². The lowest BCUT2D eigenvalue weighted by atomic mass is 10.1. The van der Waals surface area contributed by atoms with Gasteiger partial charge in [0.1, 0.15) is 23.5 Å². The first-order chi connectivity index (χ1) is 8.50. The summed E-state index contributed by atoms with van der Waals surface area (Å²) in [6.45, 7) is 0.